The first-order chi connectivity index (χ1) is 13.0. The zero-order valence-electron chi connectivity index (χ0n) is 14.4. The topological polar surface area (TPSA) is 77.6 Å². The number of hydrogen-bond acceptors (Lipinski definition) is 6. The van der Waals surface area contributed by atoms with Crippen molar-refractivity contribution in [3.8, 4) is 34.2 Å². The zero-order valence-corrected chi connectivity index (χ0v) is 15.2. The summed E-state index contributed by atoms with van der Waals surface area (Å²) in [6.07, 6.45) is 4.83. The molecule has 0 aliphatic rings. The van der Waals surface area contributed by atoms with Crippen molar-refractivity contribution >= 4 is 11.6 Å². The summed E-state index contributed by atoms with van der Waals surface area (Å²) < 4.78 is 20.0. The number of hydrogen-bond donors (Lipinski definition) is 0. The smallest absolute Gasteiger partial charge is 0.276 e. The van der Waals surface area contributed by atoms with Gasteiger partial charge in [0, 0.05) is 34.7 Å². The summed E-state index contributed by atoms with van der Waals surface area (Å²) >= 11 is 5.97. The lowest BCUT2D eigenvalue weighted by Crippen LogP contribution is -1.98. The van der Waals surface area contributed by atoms with Crippen LogP contribution < -0.4 is 0 Å². The lowest BCUT2D eigenvalue weighted by atomic mass is 10.0. The summed E-state index contributed by atoms with van der Waals surface area (Å²) in [5.41, 5.74) is 3.04. The molecule has 0 atom stereocenters. The molecule has 27 heavy (non-hydrogen) atoms. The molecule has 0 bridgehead atoms. The van der Waals surface area contributed by atoms with Crippen LogP contribution in [0.5, 0.6) is 0 Å². The summed E-state index contributed by atoms with van der Waals surface area (Å²) in [5, 5.41) is 4.46. The highest BCUT2D eigenvalue weighted by atomic mass is 35.5. The third-order valence-corrected chi connectivity index (χ3v) is 4.28. The number of rotatable bonds is 3. The van der Waals surface area contributed by atoms with E-state index in [0.717, 1.165) is 5.56 Å². The Labute approximate surface area is 159 Å². The summed E-state index contributed by atoms with van der Waals surface area (Å²) in [7, 11) is 0. The van der Waals surface area contributed by atoms with Crippen LogP contribution in [0.15, 0.2) is 47.4 Å². The van der Waals surface area contributed by atoms with Gasteiger partial charge in [-0.1, -0.05) is 16.8 Å². The quantitative estimate of drug-likeness (QED) is 0.513. The van der Waals surface area contributed by atoms with Crippen LogP contribution >= 0.6 is 11.6 Å². The molecule has 0 saturated carbocycles. The Morgan fingerprint density at radius 2 is 1.85 bits per heavy atom. The van der Waals surface area contributed by atoms with Crippen molar-refractivity contribution in [2.75, 3.05) is 0 Å². The second-order valence-electron chi connectivity index (χ2n) is 5.93. The van der Waals surface area contributed by atoms with Crippen molar-refractivity contribution in [2.45, 2.75) is 13.8 Å². The molecule has 4 heterocycles. The van der Waals surface area contributed by atoms with Crippen molar-refractivity contribution in [3.05, 3.63) is 65.0 Å². The Balaban J connectivity index is 1.81. The van der Waals surface area contributed by atoms with Gasteiger partial charge in [0.05, 0.1) is 5.69 Å². The van der Waals surface area contributed by atoms with E-state index in [1.54, 1.807) is 43.7 Å². The average molecular weight is 382 g/mol. The molecule has 0 spiro atoms. The maximum atomic E-state index is 14.7. The van der Waals surface area contributed by atoms with E-state index in [1.165, 1.54) is 0 Å². The SMILES string of the molecule is Cc1ccncc1-c1cc(-c2noc(-c3cc(Cl)ccn3)n2)nc(C)c1F. The maximum absolute atomic E-state index is 14.7. The van der Waals surface area contributed by atoms with Gasteiger partial charge >= 0.3 is 0 Å². The molecule has 0 unspecified atom stereocenters. The van der Waals surface area contributed by atoms with Crippen LogP contribution in [0.4, 0.5) is 4.39 Å². The van der Waals surface area contributed by atoms with Gasteiger partial charge in [0.1, 0.15) is 11.4 Å². The third kappa shape index (κ3) is 3.29. The molecule has 8 heteroatoms. The van der Waals surface area contributed by atoms with Crippen LogP contribution in [0, 0.1) is 19.7 Å². The minimum Gasteiger partial charge on any atom is -0.332 e. The van der Waals surface area contributed by atoms with Crippen molar-refractivity contribution in [3.63, 3.8) is 0 Å². The molecule has 0 radical (unpaired) electrons. The van der Waals surface area contributed by atoms with Gasteiger partial charge in [-0.15, -0.1) is 0 Å². The standard InChI is InChI=1S/C19H13ClFN5O/c1-10-3-5-22-9-14(10)13-8-15(24-11(2)17(13)21)18-25-19(27-26-18)16-7-12(20)4-6-23-16/h3-9H,1-2H3. The van der Waals surface area contributed by atoms with E-state index in [2.05, 4.69) is 25.1 Å². The third-order valence-electron chi connectivity index (χ3n) is 4.05. The van der Waals surface area contributed by atoms with Gasteiger partial charge in [-0.2, -0.15) is 4.98 Å². The second-order valence-corrected chi connectivity index (χ2v) is 6.36. The molecule has 0 saturated heterocycles. The number of pyridine rings is 3. The molecule has 0 fully saturated rings. The first-order valence-electron chi connectivity index (χ1n) is 8.07. The van der Waals surface area contributed by atoms with Crippen molar-refractivity contribution in [2.24, 2.45) is 0 Å². The number of aryl methyl sites for hydroxylation is 2. The van der Waals surface area contributed by atoms with Gasteiger partial charge in [-0.25, -0.2) is 9.37 Å². The van der Waals surface area contributed by atoms with E-state index in [9.17, 15) is 4.39 Å². The van der Waals surface area contributed by atoms with E-state index in [1.807, 2.05) is 13.0 Å². The van der Waals surface area contributed by atoms with Gasteiger partial charge in [0.25, 0.3) is 5.89 Å². The van der Waals surface area contributed by atoms with Gasteiger partial charge in [-0.3, -0.25) is 9.97 Å². The molecule has 4 aromatic heterocycles. The Morgan fingerprint density at radius 3 is 2.63 bits per heavy atom. The molecule has 0 aliphatic heterocycles. The van der Waals surface area contributed by atoms with Crippen molar-refractivity contribution in [1.82, 2.24) is 25.1 Å². The van der Waals surface area contributed by atoms with Gasteiger partial charge in [-0.05, 0) is 43.7 Å². The summed E-state index contributed by atoms with van der Waals surface area (Å²) in [6, 6.07) is 6.68. The molecular formula is C19H13ClFN5O. The minimum absolute atomic E-state index is 0.204. The molecule has 6 nitrogen and oxygen atoms in total. The normalized spacial score (nSPS) is 11.0. The van der Waals surface area contributed by atoms with E-state index >= 15 is 0 Å². The second kappa shape index (κ2) is 6.85. The van der Waals surface area contributed by atoms with Gasteiger partial charge < -0.3 is 4.52 Å². The maximum Gasteiger partial charge on any atom is 0.276 e. The fourth-order valence-corrected chi connectivity index (χ4v) is 2.83. The predicted octanol–water partition coefficient (Wildman–Crippen LogP) is 4.66. The van der Waals surface area contributed by atoms with Crippen molar-refractivity contribution < 1.29 is 8.91 Å². The lowest BCUT2D eigenvalue weighted by Gasteiger charge is -2.09. The number of halogens is 2. The molecule has 0 amide bonds. The van der Waals surface area contributed by atoms with E-state index in [4.69, 9.17) is 16.1 Å². The van der Waals surface area contributed by atoms with Crippen LogP contribution in [0.25, 0.3) is 34.2 Å². The molecule has 4 rings (SSSR count). The summed E-state index contributed by atoms with van der Waals surface area (Å²) in [6.45, 7) is 3.48. The Bertz CT molecular complexity index is 1140. The molecule has 134 valence electrons. The summed E-state index contributed by atoms with van der Waals surface area (Å²) in [5.74, 6) is 0.0307. The molecular weight excluding hydrogens is 369 g/mol. The highest BCUT2D eigenvalue weighted by Gasteiger charge is 2.18. The Morgan fingerprint density at radius 1 is 1.00 bits per heavy atom. The van der Waals surface area contributed by atoms with Crippen LogP contribution in [0.3, 0.4) is 0 Å². The zero-order chi connectivity index (χ0) is 19.0. The molecule has 0 aliphatic carbocycles. The predicted molar refractivity (Wildman–Crippen MR) is 98.4 cm³/mol. The number of nitrogens with zero attached hydrogens (tertiary/aromatic N) is 5. The summed E-state index contributed by atoms with van der Waals surface area (Å²) in [4.78, 5) is 16.8. The van der Waals surface area contributed by atoms with E-state index in [-0.39, 0.29) is 17.4 Å². The Hall–Kier alpha value is -3.19. The minimum atomic E-state index is -0.407. The van der Waals surface area contributed by atoms with E-state index in [0.29, 0.717) is 27.5 Å². The average Bonchev–Trinajstić information content (AvgIpc) is 3.15. The highest BCUT2D eigenvalue weighted by molar-refractivity contribution is 6.30. The van der Waals surface area contributed by atoms with Crippen LogP contribution in [-0.4, -0.2) is 25.1 Å². The first-order valence-corrected chi connectivity index (χ1v) is 8.45. The molecule has 0 N–H and O–H groups in total. The van der Waals surface area contributed by atoms with Gasteiger partial charge in [0.15, 0.2) is 5.82 Å². The Kier molecular flexibility index (Phi) is 4.37. The molecule has 4 aromatic rings. The fourth-order valence-electron chi connectivity index (χ4n) is 2.67. The monoisotopic (exact) mass is 381 g/mol. The van der Waals surface area contributed by atoms with Crippen LogP contribution in [0.1, 0.15) is 11.3 Å². The molecule has 0 aromatic carbocycles. The fraction of sp³-hybridized carbons (Fsp3) is 0.105. The number of aromatic nitrogens is 5. The highest BCUT2D eigenvalue weighted by Crippen LogP contribution is 2.30. The first kappa shape index (κ1) is 17.2. The lowest BCUT2D eigenvalue weighted by molar-refractivity contribution is 0.430. The van der Waals surface area contributed by atoms with Crippen LogP contribution in [0.2, 0.25) is 5.02 Å². The van der Waals surface area contributed by atoms with E-state index < -0.39 is 5.82 Å². The largest absolute Gasteiger partial charge is 0.332 e. The van der Waals surface area contributed by atoms with Gasteiger partial charge in [0.2, 0.25) is 5.82 Å². The van der Waals surface area contributed by atoms with Crippen molar-refractivity contribution in [1.29, 1.82) is 0 Å². The van der Waals surface area contributed by atoms with Crippen LogP contribution in [-0.2, 0) is 0 Å².